The predicted molar refractivity (Wildman–Crippen MR) is 111 cm³/mol. The first kappa shape index (κ1) is 19.4. The molecule has 1 aliphatic heterocycles. The number of benzene rings is 1. The molecule has 1 saturated carbocycles. The van der Waals surface area contributed by atoms with Crippen molar-refractivity contribution in [2.24, 2.45) is 0 Å². The van der Waals surface area contributed by atoms with Crippen molar-refractivity contribution >= 4 is 23.2 Å². The fourth-order valence-corrected chi connectivity index (χ4v) is 3.88. The van der Waals surface area contributed by atoms with Crippen LogP contribution in [0.15, 0.2) is 42.6 Å². The van der Waals surface area contributed by atoms with Gasteiger partial charge in [0.05, 0.1) is 24.6 Å². The van der Waals surface area contributed by atoms with E-state index in [1.165, 1.54) is 6.20 Å². The van der Waals surface area contributed by atoms with Crippen LogP contribution < -0.4 is 15.5 Å². The van der Waals surface area contributed by atoms with Crippen molar-refractivity contribution in [1.82, 2.24) is 10.3 Å². The molecule has 0 unspecified atom stereocenters. The summed E-state index contributed by atoms with van der Waals surface area (Å²) < 4.78 is 5.42. The summed E-state index contributed by atoms with van der Waals surface area (Å²) in [4.78, 5) is 31.7. The highest BCUT2D eigenvalue weighted by Crippen LogP contribution is 2.26. The number of nitrogens with one attached hydrogen (secondary N) is 2. The van der Waals surface area contributed by atoms with Gasteiger partial charge in [0.15, 0.2) is 0 Å². The van der Waals surface area contributed by atoms with Gasteiger partial charge in [-0.15, -0.1) is 0 Å². The van der Waals surface area contributed by atoms with Crippen molar-refractivity contribution in [3.63, 3.8) is 0 Å². The molecule has 2 fully saturated rings. The molecule has 7 heteroatoms. The van der Waals surface area contributed by atoms with Gasteiger partial charge in [0.1, 0.15) is 5.69 Å². The Bertz CT molecular complexity index is 874. The molecule has 1 aliphatic carbocycles. The van der Waals surface area contributed by atoms with E-state index in [-0.39, 0.29) is 23.6 Å². The minimum absolute atomic E-state index is 0.151. The lowest BCUT2D eigenvalue weighted by Crippen LogP contribution is -2.36. The number of carbonyl (C=O) groups excluding carboxylic acids is 2. The Labute approximate surface area is 170 Å². The number of para-hydroxylation sites is 2. The molecular formula is C22H26N4O3. The molecule has 1 saturated heterocycles. The highest BCUT2D eigenvalue weighted by Gasteiger charge is 2.20. The third-order valence-electron chi connectivity index (χ3n) is 5.45. The molecule has 1 aromatic carbocycles. The van der Waals surface area contributed by atoms with Crippen LogP contribution in [0.3, 0.4) is 0 Å². The summed E-state index contributed by atoms with van der Waals surface area (Å²) >= 11 is 0. The smallest absolute Gasteiger partial charge is 0.274 e. The fraction of sp³-hybridized carbons (Fsp3) is 0.409. The summed E-state index contributed by atoms with van der Waals surface area (Å²) in [6.07, 6.45) is 5.84. The standard InChI is InChI=1S/C22H26N4O3/c27-21(24-17-5-1-2-6-17)16-9-10-23-19(15-16)22(28)25-18-7-3-4-8-20(18)26-11-13-29-14-12-26/h3-4,7-10,15,17H,1-2,5-6,11-14H2,(H,24,27)(H,25,28). The third kappa shape index (κ3) is 4.74. The summed E-state index contributed by atoms with van der Waals surface area (Å²) in [6.45, 7) is 2.90. The van der Waals surface area contributed by atoms with Crippen molar-refractivity contribution in [3.05, 3.63) is 53.9 Å². The van der Waals surface area contributed by atoms with E-state index in [4.69, 9.17) is 4.74 Å². The lowest BCUT2D eigenvalue weighted by molar-refractivity contribution is 0.0937. The molecule has 1 aromatic heterocycles. The molecule has 2 heterocycles. The van der Waals surface area contributed by atoms with E-state index in [0.717, 1.165) is 50.1 Å². The molecule has 152 valence electrons. The minimum Gasteiger partial charge on any atom is -0.378 e. The van der Waals surface area contributed by atoms with Crippen LogP contribution in [0.4, 0.5) is 11.4 Å². The third-order valence-corrected chi connectivity index (χ3v) is 5.45. The number of ether oxygens (including phenoxy) is 1. The molecule has 0 bridgehead atoms. The van der Waals surface area contributed by atoms with Gasteiger partial charge in [0.2, 0.25) is 0 Å². The van der Waals surface area contributed by atoms with Crippen molar-refractivity contribution in [2.45, 2.75) is 31.7 Å². The van der Waals surface area contributed by atoms with Gasteiger partial charge in [-0.3, -0.25) is 14.6 Å². The topological polar surface area (TPSA) is 83.6 Å². The van der Waals surface area contributed by atoms with Crippen LogP contribution >= 0.6 is 0 Å². The van der Waals surface area contributed by atoms with Crippen molar-refractivity contribution in [1.29, 1.82) is 0 Å². The van der Waals surface area contributed by atoms with E-state index in [9.17, 15) is 9.59 Å². The van der Waals surface area contributed by atoms with E-state index in [1.54, 1.807) is 12.1 Å². The highest BCUT2D eigenvalue weighted by molar-refractivity contribution is 6.06. The Morgan fingerprint density at radius 1 is 1.03 bits per heavy atom. The van der Waals surface area contributed by atoms with E-state index < -0.39 is 0 Å². The average Bonchev–Trinajstić information content (AvgIpc) is 3.28. The maximum atomic E-state index is 12.8. The SMILES string of the molecule is O=C(NC1CCCC1)c1ccnc(C(=O)Nc2ccccc2N2CCOCC2)c1. The zero-order valence-electron chi connectivity index (χ0n) is 16.4. The Kier molecular flexibility index (Phi) is 6.05. The summed E-state index contributed by atoms with van der Waals surface area (Å²) in [5.74, 6) is -0.483. The summed E-state index contributed by atoms with van der Waals surface area (Å²) in [6, 6.07) is 11.1. The fourth-order valence-electron chi connectivity index (χ4n) is 3.88. The number of pyridine rings is 1. The second-order valence-corrected chi connectivity index (χ2v) is 7.46. The first-order chi connectivity index (χ1) is 14.2. The number of rotatable bonds is 5. The van der Waals surface area contributed by atoms with Gasteiger partial charge in [-0.2, -0.15) is 0 Å². The van der Waals surface area contributed by atoms with Crippen LogP contribution in [-0.2, 0) is 4.74 Å². The molecule has 2 amide bonds. The molecule has 2 N–H and O–H groups in total. The summed E-state index contributed by atoms with van der Waals surface area (Å²) in [7, 11) is 0. The Hall–Kier alpha value is -2.93. The number of aromatic nitrogens is 1. The molecule has 29 heavy (non-hydrogen) atoms. The van der Waals surface area contributed by atoms with Crippen LogP contribution in [0.25, 0.3) is 0 Å². The average molecular weight is 394 g/mol. The van der Waals surface area contributed by atoms with Crippen LogP contribution in [0, 0.1) is 0 Å². The van der Waals surface area contributed by atoms with Gasteiger partial charge in [-0.25, -0.2) is 0 Å². The first-order valence-electron chi connectivity index (χ1n) is 10.2. The molecule has 0 spiro atoms. The highest BCUT2D eigenvalue weighted by atomic mass is 16.5. The molecule has 0 atom stereocenters. The predicted octanol–water partition coefficient (Wildman–Crippen LogP) is 2.84. The van der Waals surface area contributed by atoms with Crippen molar-refractivity contribution in [3.8, 4) is 0 Å². The Balaban J connectivity index is 1.47. The van der Waals surface area contributed by atoms with Gasteiger partial charge >= 0.3 is 0 Å². The molecule has 2 aromatic rings. The molecule has 2 aliphatic rings. The molecule has 4 rings (SSSR count). The number of hydrogen-bond acceptors (Lipinski definition) is 5. The van der Waals surface area contributed by atoms with Gasteiger partial charge in [-0.1, -0.05) is 25.0 Å². The van der Waals surface area contributed by atoms with Crippen LogP contribution in [0.1, 0.15) is 46.5 Å². The first-order valence-corrected chi connectivity index (χ1v) is 10.2. The second-order valence-electron chi connectivity index (χ2n) is 7.46. The quantitative estimate of drug-likeness (QED) is 0.815. The van der Waals surface area contributed by atoms with Gasteiger partial charge in [-0.05, 0) is 37.1 Å². The lowest BCUT2D eigenvalue weighted by atomic mass is 10.1. The van der Waals surface area contributed by atoms with Crippen LogP contribution in [0.5, 0.6) is 0 Å². The van der Waals surface area contributed by atoms with Crippen LogP contribution in [-0.4, -0.2) is 49.1 Å². The van der Waals surface area contributed by atoms with Gasteiger partial charge in [0.25, 0.3) is 11.8 Å². The monoisotopic (exact) mass is 394 g/mol. The number of amides is 2. The Morgan fingerprint density at radius 2 is 1.79 bits per heavy atom. The van der Waals surface area contributed by atoms with Gasteiger partial charge < -0.3 is 20.3 Å². The van der Waals surface area contributed by atoms with E-state index in [1.807, 2.05) is 24.3 Å². The maximum Gasteiger partial charge on any atom is 0.274 e. The summed E-state index contributed by atoms with van der Waals surface area (Å²) in [5.41, 5.74) is 2.36. The Morgan fingerprint density at radius 3 is 2.59 bits per heavy atom. The number of morpholine rings is 1. The van der Waals surface area contributed by atoms with Crippen molar-refractivity contribution < 1.29 is 14.3 Å². The second kappa shape index (κ2) is 9.05. The zero-order chi connectivity index (χ0) is 20.1. The molecular weight excluding hydrogens is 368 g/mol. The van der Waals surface area contributed by atoms with Gasteiger partial charge in [0, 0.05) is 30.9 Å². The minimum atomic E-state index is -0.332. The molecule has 0 radical (unpaired) electrons. The lowest BCUT2D eigenvalue weighted by Gasteiger charge is -2.30. The van der Waals surface area contributed by atoms with E-state index in [0.29, 0.717) is 18.8 Å². The zero-order valence-corrected chi connectivity index (χ0v) is 16.4. The number of hydrogen-bond donors (Lipinski definition) is 2. The number of carbonyl (C=O) groups is 2. The van der Waals surface area contributed by atoms with E-state index >= 15 is 0 Å². The molecule has 7 nitrogen and oxygen atoms in total. The van der Waals surface area contributed by atoms with E-state index in [2.05, 4.69) is 20.5 Å². The number of anilines is 2. The maximum absolute atomic E-state index is 12.8. The normalized spacial score (nSPS) is 17.2. The summed E-state index contributed by atoms with van der Waals surface area (Å²) in [5, 5.41) is 5.99. The van der Waals surface area contributed by atoms with Crippen LogP contribution in [0.2, 0.25) is 0 Å². The van der Waals surface area contributed by atoms with Crippen molar-refractivity contribution in [2.75, 3.05) is 36.5 Å². The number of nitrogens with zero attached hydrogens (tertiary/aromatic N) is 2. The largest absolute Gasteiger partial charge is 0.378 e.